The monoisotopic (exact) mass is 794 g/mol. The Labute approximate surface area is 330 Å². The Balaban J connectivity index is 1.16. The maximum atomic E-state index is 15.1. The summed E-state index contributed by atoms with van der Waals surface area (Å²) in [5, 5.41) is 18.4. The third-order valence-electron chi connectivity index (χ3n) is 12.5. The van der Waals surface area contributed by atoms with Gasteiger partial charge in [-0.05, 0) is 92.4 Å². The highest BCUT2D eigenvalue weighted by atomic mass is 35.5. The summed E-state index contributed by atoms with van der Waals surface area (Å²) in [6.07, 6.45) is 2.39. The lowest BCUT2D eigenvalue weighted by Gasteiger charge is -2.49. The van der Waals surface area contributed by atoms with Crippen molar-refractivity contribution in [3.05, 3.63) is 99.0 Å². The second-order valence-corrected chi connectivity index (χ2v) is 17.1. The number of anilines is 2. The van der Waals surface area contributed by atoms with Gasteiger partial charge in [-0.25, -0.2) is 9.80 Å². The minimum atomic E-state index is -1.36. The predicted molar refractivity (Wildman–Crippen MR) is 212 cm³/mol. The Kier molecular flexibility index (Phi) is 8.13. The summed E-state index contributed by atoms with van der Waals surface area (Å²) in [4.78, 5) is 61.9. The molecule has 55 heavy (non-hydrogen) atoms. The van der Waals surface area contributed by atoms with Gasteiger partial charge in [0, 0.05) is 45.4 Å². The fourth-order valence-electron chi connectivity index (χ4n) is 9.66. The third kappa shape index (κ3) is 5.02. The molecule has 4 heterocycles. The highest BCUT2D eigenvalue weighted by molar-refractivity contribution is 7.22. The molecule has 2 saturated heterocycles. The smallest absolute Gasteiger partial charge is 0.242 e. The Bertz CT molecular complexity index is 2580. The molecule has 13 heteroatoms. The van der Waals surface area contributed by atoms with Gasteiger partial charge in [0.1, 0.15) is 23.0 Å². The van der Waals surface area contributed by atoms with Crippen LogP contribution >= 0.6 is 34.5 Å². The number of rotatable bonds is 5. The number of fused-ring (bicyclic) bond motifs is 5. The van der Waals surface area contributed by atoms with E-state index in [9.17, 15) is 19.5 Å². The molecule has 2 aliphatic heterocycles. The van der Waals surface area contributed by atoms with Crippen LogP contribution in [0.3, 0.4) is 0 Å². The van der Waals surface area contributed by atoms with Crippen LogP contribution in [-0.2, 0) is 26.2 Å². The van der Waals surface area contributed by atoms with E-state index >= 15 is 4.79 Å². The molecule has 0 radical (unpaired) electrons. The number of carbonyl (C=O) groups is 4. The quantitative estimate of drug-likeness (QED) is 0.140. The lowest BCUT2D eigenvalue weighted by Crippen LogP contribution is -2.49. The molecule has 1 N–H and O–H groups in total. The molecule has 6 atom stereocenters. The standard InChI is InChI=1S/C42H36Cl2N4O6S/c1-19-6-8-22(15-30(19)44)47-38(50)26-12-11-24-28(35(26)40(47)52)17-29-39(51)48(41(53)42(29,3)36(24)25-10-9-23(54-5)16-32(25)49)34-18-31(45-46(34)4)37-20(2)27-14-21(43)7-13-33(27)55-37/h6-11,13-16,18,26,28-29,35-36,49H,12,17H2,1-5H3/t26-,28+,29-,35-,36+,42+/m0/s1. The normalized spacial score (nSPS) is 26.1. The van der Waals surface area contributed by atoms with E-state index < -0.39 is 46.8 Å². The van der Waals surface area contributed by atoms with Crippen molar-refractivity contribution < 1.29 is 29.0 Å². The lowest BCUT2D eigenvalue weighted by molar-refractivity contribution is -0.131. The third-order valence-corrected chi connectivity index (χ3v) is 14.4. The number of aryl methyl sites for hydroxylation is 3. The van der Waals surface area contributed by atoms with E-state index in [1.54, 1.807) is 66.4 Å². The topological polar surface area (TPSA) is 122 Å². The maximum absolute atomic E-state index is 15.1. The number of methoxy groups -OCH3 is 1. The van der Waals surface area contributed by atoms with Crippen molar-refractivity contribution in [3.63, 3.8) is 0 Å². The number of ether oxygens (including phenoxy) is 1. The second kappa shape index (κ2) is 12.5. The Morgan fingerprint density at radius 3 is 2.44 bits per heavy atom. The van der Waals surface area contributed by atoms with Gasteiger partial charge in [-0.15, -0.1) is 11.3 Å². The summed E-state index contributed by atoms with van der Waals surface area (Å²) in [5.74, 6) is -4.55. The van der Waals surface area contributed by atoms with Crippen LogP contribution in [-0.4, -0.2) is 45.6 Å². The molecule has 2 aromatic heterocycles. The SMILES string of the molecule is COc1ccc([C@H]2C3=CC[C@@H]4C(=O)N(c5ccc(C)c(Cl)c5)C(=O)[C@@H]4[C@@H]3C[C@H]3C(=O)N(c4cc(-c5sc6ccc(Cl)cc6c5C)nn4C)C(=O)[C@@]23C)c(O)c1. The van der Waals surface area contributed by atoms with Crippen molar-refractivity contribution in [2.45, 2.75) is 39.5 Å². The first-order chi connectivity index (χ1) is 26.2. The number of hydrogen-bond donors (Lipinski definition) is 1. The molecule has 3 aromatic carbocycles. The van der Waals surface area contributed by atoms with E-state index in [4.69, 9.17) is 33.0 Å². The number of carbonyl (C=O) groups excluding carboxylic acids is 4. The summed E-state index contributed by atoms with van der Waals surface area (Å²) in [6, 6.07) is 17.5. The minimum absolute atomic E-state index is 0.0976. The van der Waals surface area contributed by atoms with Crippen molar-refractivity contribution in [2.24, 2.45) is 36.1 Å². The fourth-order valence-corrected chi connectivity index (χ4v) is 11.2. The first kappa shape index (κ1) is 35.7. The minimum Gasteiger partial charge on any atom is -0.508 e. The Morgan fingerprint density at radius 2 is 1.71 bits per heavy atom. The molecule has 0 unspecified atom stereocenters. The number of aromatic nitrogens is 2. The van der Waals surface area contributed by atoms with Crippen molar-refractivity contribution >= 4 is 79.8 Å². The molecule has 9 rings (SSSR count). The molecule has 10 nitrogen and oxygen atoms in total. The van der Waals surface area contributed by atoms with Gasteiger partial charge in [0.05, 0.1) is 40.8 Å². The van der Waals surface area contributed by atoms with E-state index in [0.717, 1.165) is 31.7 Å². The van der Waals surface area contributed by atoms with E-state index in [-0.39, 0.29) is 30.4 Å². The molecule has 4 amide bonds. The second-order valence-electron chi connectivity index (χ2n) is 15.2. The highest BCUT2D eigenvalue weighted by Crippen LogP contribution is 2.64. The lowest BCUT2D eigenvalue weighted by atomic mass is 9.51. The molecule has 2 aliphatic carbocycles. The largest absolute Gasteiger partial charge is 0.508 e. The van der Waals surface area contributed by atoms with Crippen molar-refractivity contribution in [2.75, 3.05) is 16.9 Å². The number of benzene rings is 3. The van der Waals surface area contributed by atoms with Crippen molar-refractivity contribution in [3.8, 4) is 22.1 Å². The van der Waals surface area contributed by atoms with Crippen LogP contribution in [0.15, 0.2) is 72.3 Å². The predicted octanol–water partition coefficient (Wildman–Crippen LogP) is 8.37. The molecule has 0 bridgehead atoms. The number of hydrogen-bond acceptors (Lipinski definition) is 8. The number of thiophene rings is 1. The summed E-state index contributed by atoms with van der Waals surface area (Å²) in [7, 11) is 3.20. The molecular weight excluding hydrogens is 759 g/mol. The number of phenolic OH excluding ortho intramolecular Hbond substituents is 1. The Hall–Kier alpha value is -4.97. The van der Waals surface area contributed by atoms with Gasteiger partial charge in [-0.3, -0.25) is 23.9 Å². The van der Waals surface area contributed by atoms with Gasteiger partial charge in [-0.1, -0.05) is 47.0 Å². The molecule has 280 valence electrons. The van der Waals surface area contributed by atoms with Crippen molar-refractivity contribution in [1.29, 1.82) is 0 Å². The molecule has 1 saturated carbocycles. The molecule has 4 aliphatic rings. The van der Waals surface area contributed by atoms with E-state index in [2.05, 4.69) is 0 Å². The zero-order chi connectivity index (χ0) is 38.8. The van der Waals surface area contributed by atoms with Crippen LogP contribution < -0.4 is 14.5 Å². The molecular formula is C42H36Cl2N4O6S. The van der Waals surface area contributed by atoms with Gasteiger partial charge in [0.2, 0.25) is 23.6 Å². The average Bonchev–Trinajstić information content (AvgIpc) is 3.83. The van der Waals surface area contributed by atoms with Crippen LogP contribution in [0.25, 0.3) is 20.7 Å². The Morgan fingerprint density at radius 1 is 0.927 bits per heavy atom. The van der Waals surface area contributed by atoms with Crippen LogP contribution in [0.5, 0.6) is 11.5 Å². The first-order valence-electron chi connectivity index (χ1n) is 18.1. The molecule has 3 fully saturated rings. The number of imide groups is 2. The number of amides is 4. The van der Waals surface area contributed by atoms with Gasteiger partial charge in [0.15, 0.2) is 0 Å². The van der Waals surface area contributed by atoms with Gasteiger partial charge < -0.3 is 9.84 Å². The number of halogens is 2. The zero-order valence-electron chi connectivity index (χ0n) is 30.6. The van der Waals surface area contributed by atoms with Crippen LogP contribution in [0, 0.1) is 42.9 Å². The van der Waals surface area contributed by atoms with E-state index in [1.807, 2.05) is 38.1 Å². The van der Waals surface area contributed by atoms with E-state index in [0.29, 0.717) is 38.6 Å². The van der Waals surface area contributed by atoms with Gasteiger partial charge >= 0.3 is 0 Å². The highest BCUT2D eigenvalue weighted by Gasteiger charge is 2.68. The number of phenols is 1. The van der Waals surface area contributed by atoms with Gasteiger partial charge in [-0.2, -0.15) is 5.10 Å². The van der Waals surface area contributed by atoms with Crippen LogP contribution in [0.1, 0.15) is 42.4 Å². The van der Waals surface area contributed by atoms with E-state index in [1.165, 1.54) is 23.0 Å². The summed E-state index contributed by atoms with van der Waals surface area (Å²) in [5.41, 5.74) is 2.66. The van der Waals surface area contributed by atoms with Crippen LogP contribution in [0.4, 0.5) is 11.5 Å². The number of nitrogens with zero attached hydrogens (tertiary/aromatic N) is 4. The average molecular weight is 796 g/mol. The number of allylic oxidation sites excluding steroid dienone is 2. The maximum Gasteiger partial charge on any atom is 0.242 e. The summed E-state index contributed by atoms with van der Waals surface area (Å²) in [6.45, 7) is 5.63. The molecule has 0 spiro atoms. The van der Waals surface area contributed by atoms with Gasteiger partial charge in [0.25, 0.3) is 0 Å². The summed E-state index contributed by atoms with van der Waals surface area (Å²) >= 11 is 14.3. The zero-order valence-corrected chi connectivity index (χ0v) is 32.9. The number of aromatic hydroxyl groups is 1. The van der Waals surface area contributed by atoms with Crippen molar-refractivity contribution in [1.82, 2.24) is 9.78 Å². The summed E-state index contributed by atoms with van der Waals surface area (Å²) < 4.78 is 7.98. The molecule has 5 aromatic rings. The fraction of sp³-hybridized carbons (Fsp3) is 0.310. The van der Waals surface area contributed by atoms with Crippen LogP contribution in [0.2, 0.25) is 10.0 Å². The first-order valence-corrected chi connectivity index (χ1v) is 19.6.